The van der Waals surface area contributed by atoms with Gasteiger partial charge in [-0.2, -0.15) is 0 Å². The molecule has 2 aromatic rings. The lowest BCUT2D eigenvalue weighted by molar-refractivity contribution is -0.119. The maximum Gasteiger partial charge on any atom is 0.340 e. The van der Waals surface area contributed by atoms with E-state index in [4.69, 9.17) is 4.74 Å². The maximum atomic E-state index is 12.5. The smallest absolute Gasteiger partial charge is 0.340 e. The summed E-state index contributed by atoms with van der Waals surface area (Å²) in [5, 5.41) is 2.79. The highest BCUT2D eigenvalue weighted by Gasteiger charge is 2.26. The molecule has 1 heterocycles. The monoisotopic (exact) mass is 380 g/mol. The molecule has 6 nitrogen and oxygen atoms in total. The van der Waals surface area contributed by atoms with E-state index in [2.05, 4.69) is 5.32 Å². The first-order valence-electron chi connectivity index (χ1n) is 9.42. The fourth-order valence-corrected chi connectivity index (χ4v) is 3.29. The summed E-state index contributed by atoms with van der Waals surface area (Å²) in [6.45, 7) is 4.27. The first kappa shape index (κ1) is 19.6. The zero-order valence-corrected chi connectivity index (χ0v) is 16.1. The second-order valence-electron chi connectivity index (χ2n) is 7.03. The minimum atomic E-state index is -0.623. The minimum absolute atomic E-state index is 0.0108. The summed E-state index contributed by atoms with van der Waals surface area (Å²) in [5.74, 6) is -0.786. The Morgan fingerprint density at radius 1 is 1.11 bits per heavy atom. The molecule has 2 amide bonds. The highest BCUT2D eigenvalue weighted by Crippen LogP contribution is 2.26. The van der Waals surface area contributed by atoms with Crippen molar-refractivity contribution in [1.82, 2.24) is 0 Å². The fraction of sp³-hybridized carbons (Fsp3) is 0.318. The summed E-state index contributed by atoms with van der Waals surface area (Å²) in [5.41, 5.74) is 2.54. The summed E-state index contributed by atoms with van der Waals surface area (Å²) in [7, 11) is 0. The molecule has 28 heavy (non-hydrogen) atoms. The summed E-state index contributed by atoms with van der Waals surface area (Å²) in [4.78, 5) is 38.4. The van der Waals surface area contributed by atoms with Gasteiger partial charge in [0.1, 0.15) is 0 Å². The Balaban J connectivity index is 1.65. The molecule has 0 bridgehead atoms. The Bertz CT molecular complexity index is 892. The van der Waals surface area contributed by atoms with Crippen LogP contribution in [-0.2, 0) is 14.3 Å². The quantitative estimate of drug-likeness (QED) is 0.775. The van der Waals surface area contributed by atoms with Crippen molar-refractivity contribution in [3.8, 4) is 0 Å². The number of rotatable bonds is 6. The van der Waals surface area contributed by atoms with Gasteiger partial charge in [-0.15, -0.1) is 0 Å². The van der Waals surface area contributed by atoms with Crippen molar-refractivity contribution in [3.05, 3.63) is 59.7 Å². The lowest BCUT2D eigenvalue weighted by Gasteiger charge is -2.19. The normalized spacial score (nSPS) is 13.7. The predicted octanol–water partition coefficient (Wildman–Crippen LogP) is 3.73. The molecule has 1 fully saturated rings. The Hall–Kier alpha value is -3.15. The molecule has 1 aliphatic rings. The first-order valence-corrected chi connectivity index (χ1v) is 9.42. The van der Waals surface area contributed by atoms with Crippen LogP contribution in [0.5, 0.6) is 0 Å². The lowest BCUT2D eigenvalue weighted by Crippen LogP contribution is -2.27. The molecule has 3 rings (SSSR count). The molecule has 146 valence electrons. The molecule has 2 aromatic carbocycles. The van der Waals surface area contributed by atoms with E-state index in [1.807, 2.05) is 38.1 Å². The number of amides is 2. The number of hydrogen-bond donors (Lipinski definition) is 1. The van der Waals surface area contributed by atoms with Crippen LogP contribution in [0.1, 0.15) is 48.5 Å². The van der Waals surface area contributed by atoms with Crippen LogP contribution in [0.3, 0.4) is 0 Å². The van der Waals surface area contributed by atoms with Gasteiger partial charge in [-0.3, -0.25) is 9.59 Å². The van der Waals surface area contributed by atoms with Crippen molar-refractivity contribution >= 4 is 29.2 Å². The largest absolute Gasteiger partial charge is 0.452 e. The van der Waals surface area contributed by atoms with Gasteiger partial charge in [0.15, 0.2) is 6.61 Å². The molecule has 0 saturated carbocycles. The van der Waals surface area contributed by atoms with Gasteiger partial charge in [0.05, 0.1) is 11.3 Å². The third-order valence-electron chi connectivity index (χ3n) is 4.68. The number of nitrogens with zero attached hydrogens (tertiary/aromatic N) is 1. The number of esters is 1. The van der Waals surface area contributed by atoms with Crippen molar-refractivity contribution < 1.29 is 19.1 Å². The first-order chi connectivity index (χ1) is 13.5. The van der Waals surface area contributed by atoms with Gasteiger partial charge in [0.25, 0.3) is 5.91 Å². The average molecular weight is 380 g/mol. The Kier molecular flexibility index (Phi) is 6.09. The van der Waals surface area contributed by atoms with Gasteiger partial charge in [0.2, 0.25) is 5.91 Å². The fourth-order valence-electron chi connectivity index (χ4n) is 3.29. The molecule has 1 N–H and O–H groups in total. The second-order valence-corrected chi connectivity index (χ2v) is 7.03. The van der Waals surface area contributed by atoms with Gasteiger partial charge in [-0.1, -0.05) is 44.2 Å². The number of para-hydroxylation sites is 2. The van der Waals surface area contributed by atoms with Crippen LogP contribution in [0.4, 0.5) is 11.4 Å². The van der Waals surface area contributed by atoms with Gasteiger partial charge in [0, 0.05) is 18.7 Å². The topological polar surface area (TPSA) is 75.7 Å². The van der Waals surface area contributed by atoms with Crippen molar-refractivity contribution in [2.45, 2.75) is 32.6 Å². The number of hydrogen-bond acceptors (Lipinski definition) is 4. The maximum absolute atomic E-state index is 12.5. The molecule has 1 saturated heterocycles. The zero-order valence-electron chi connectivity index (χ0n) is 16.1. The highest BCUT2D eigenvalue weighted by molar-refractivity contribution is 6.04. The predicted molar refractivity (Wildman–Crippen MR) is 107 cm³/mol. The number of carbonyl (C=O) groups is 3. The molecule has 0 unspecified atom stereocenters. The lowest BCUT2D eigenvalue weighted by atomic mass is 10.0. The molecular weight excluding hydrogens is 356 g/mol. The minimum Gasteiger partial charge on any atom is -0.452 e. The molecule has 0 spiro atoms. The van der Waals surface area contributed by atoms with E-state index in [-0.39, 0.29) is 17.4 Å². The van der Waals surface area contributed by atoms with Crippen molar-refractivity contribution in [2.75, 3.05) is 23.4 Å². The van der Waals surface area contributed by atoms with Gasteiger partial charge in [-0.05, 0) is 36.1 Å². The Labute approximate surface area is 164 Å². The van der Waals surface area contributed by atoms with E-state index >= 15 is 0 Å². The number of anilines is 2. The summed E-state index contributed by atoms with van der Waals surface area (Å²) in [6, 6.07) is 14.3. The SMILES string of the molecule is CC(C)c1ccccc1NC(=O)COC(=O)c1ccccc1N1CCCC1=O. The number of carbonyl (C=O) groups excluding carboxylic acids is 3. The van der Waals surface area contributed by atoms with E-state index in [1.165, 1.54) is 0 Å². The Morgan fingerprint density at radius 2 is 1.82 bits per heavy atom. The number of nitrogens with one attached hydrogen (secondary N) is 1. The molecular formula is C22H24N2O4. The van der Waals surface area contributed by atoms with Gasteiger partial charge < -0.3 is 15.0 Å². The van der Waals surface area contributed by atoms with Crippen LogP contribution in [0.15, 0.2) is 48.5 Å². The molecule has 0 aliphatic carbocycles. The van der Waals surface area contributed by atoms with E-state index in [9.17, 15) is 14.4 Å². The standard InChI is InChI=1S/C22H24N2O4/c1-15(2)16-8-3-5-10-18(16)23-20(25)14-28-22(27)17-9-4-6-11-19(17)24-13-7-12-21(24)26/h3-6,8-11,15H,7,12-14H2,1-2H3,(H,23,25). The van der Waals surface area contributed by atoms with Crippen LogP contribution in [0.2, 0.25) is 0 Å². The van der Waals surface area contributed by atoms with Crippen molar-refractivity contribution in [2.24, 2.45) is 0 Å². The molecule has 0 atom stereocenters. The van der Waals surface area contributed by atoms with Gasteiger partial charge in [-0.25, -0.2) is 4.79 Å². The molecule has 0 radical (unpaired) electrons. The van der Waals surface area contributed by atoms with Gasteiger partial charge >= 0.3 is 5.97 Å². The molecule has 6 heteroatoms. The molecule has 0 aromatic heterocycles. The molecule has 1 aliphatic heterocycles. The number of ether oxygens (including phenoxy) is 1. The zero-order chi connectivity index (χ0) is 20.1. The van der Waals surface area contributed by atoms with Crippen LogP contribution in [-0.4, -0.2) is 30.9 Å². The van der Waals surface area contributed by atoms with E-state index in [1.54, 1.807) is 29.2 Å². The Morgan fingerprint density at radius 3 is 2.54 bits per heavy atom. The van der Waals surface area contributed by atoms with Crippen LogP contribution < -0.4 is 10.2 Å². The van der Waals surface area contributed by atoms with Crippen molar-refractivity contribution in [3.63, 3.8) is 0 Å². The van der Waals surface area contributed by atoms with E-state index in [0.29, 0.717) is 24.3 Å². The van der Waals surface area contributed by atoms with Crippen LogP contribution >= 0.6 is 0 Å². The number of benzene rings is 2. The summed E-state index contributed by atoms with van der Waals surface area (Å²) in [6.07, 6.45) is 1.24. The third-order valence-corrected chi connectivity index (χ3v) is 4.68. The van der Waals surface area contributed by atoms with E-state index < -0.39 is 18.5 Å². The summed E-state index contributed by atoms with van der Waals surface area (Å²) >= 11 is 0. The summed E-state index contributed by atoms with van der Waals surface area (Å²) < 4.78 is 5.21. The van der Waals surface area contributed by atoms with E-state index in [0.717, 1.165) is 12.0 Å². The van der Waals surface area contributed by atoms with Crippen molar-refractivity contribution in [1.29, 1.82) is 0 Å². The second kappa shape index (κ2) is 8.69. The van der Waals surface area contributed by atoms with Crippen LogP contribution in [0.25, 0.3) is 0 Å². The average Bonchev–Trinajstić information content (AvgIpc) is 3.12. The third kappa shape index (κ3) is 4.39. The highest BCUT2D eigenvalue weighted by atomic mass is 16.5. The van der Waals surface area contributed by atoms with Crippen LogP contribution in [0, 0.1) is 0 Å².